The molecule has 0 spiro atoms. The van der Waals surface area contributed by atoms with Gasteiger partial charge in [-0.05, 0) is 44.9 Å². The zero-order valence-electron chi connectivity index (χ0n) is 12.1. The van der Waals surface area contributed by atoms with Crippen LogP contribution >= 0.6 is 0 Å². The maximum absolute atomic E-state index is 11.9. The van der Waals surface area contributed by atoms with Crippen LogP contribution in [0.4, 0.5) is 4.79 Å². The molecule has 5 nitrogen and oxygen atoms in total. The van der Waals surface area contributed by atoms with E-state index in [1.165, 1.54) is 6.20 Å². The summed E-state index contributed by atoms with van der Waals surface area (Å²) < 4.78 is 5.34. The van der Waals surface area contributed by atoms with Gasteiger partial charge in [-0.1, -0.05) is 6.08 Å². The molecule has 1 aliphatic rings. The fourth-order valence-electron chi connectivity index (χ4n) is 1.97. The van der Waals surface area contributed by atoms with Gasteiger partial charge in [0.2, 0.25) is 0 Å². The maximum Gasteiger partial charge on any atom is 0.410 e. The average Bonchev–Trinajstić information content (AvgIpc) is 2.38. The van der Waals surface area contributed by atoms with Crippen molar-refractivity contribution in [3.8, 4) is 5.75 Å². The highest BCUT2D eigenvalue weighted by Gasteiger charge is 2.23. The van der Waals surface area contributed by atoms with Crippen LogP contribution in [0.1, 0.15) is 32.9 Å². The molecule has 108 valence electrons. The molecule has 5 heteroatoms. The number of carbonyl (C=O) groups is 1. The summed E-state index contributed by atoms with van der Waals surface area (Å²) in [6, 6.07) is 3.40. The van der Waals surface area contributed by atoms with Crippen LogP contribution in [-0.2, 0) is 4.74 Å². The van der Waals surface area contributed by atoms with E-state index < -0.39 is 5.60 Å². The Bertz CT molecular complexity index is 515. The summed E-state index contributed by atoms with van der Waals surface area (Å²) in [7, 11) is 0. The molecule has 0 aliphatic carbocycles. The molecule has 0 saturated carbocycles. The van der Waals surface area contributed by atoms with E-state index in [2.05, 4.69) is 4.98 Å². The molecule has 2 rings (SSSR count). The molecule has 2 heterocycles. The molecule has 1 N–H and O–H groups in total. The van der Waals surface area contributed by atoms with Gasteiger partial charge in [0.25, 0.3) is 0 Å². The van der Waals surface area contributed by atoms with E-state index in [4.69, 9.17) is 4.74 Å². The van der Waals surface area contributed by atoms with Crippen molar-refractivity contribution in [2.45, 2.75) is 32.8 Å². The number of aromatic hydroxyl groups is 1. The predicted molar refractivity (Wildman–Crippen MR) is 76.3 cm³/mol. The molecule has 0 bridgehead atoms. The van der Waals surface area contributed by atoms with E-state index in [9.17, 15) is 9.90 Å². The Kier molecular flexibility index (Phi) is 3.97. The van der Waals surface area contributed by atoms with Crippen LogP contribution in [0, 0.1) is 0 Å². The van der Waals surface area contributed by atoms with Gasteiger partial charge in [-0.25, -0.2) is 4.79 Å². The first-order valence-corrected chi connectivity index (χ1v) is 6.67. The van der Waals surface area contributed by atoms with Gasteiger partial charge < -0.3 is 14.7 Å². The van der Waals surface area contributed by atoms with Gasteiger partial charge in [0, 0.05) is 13.1 Å². The minimum absolute atomic E-state index is 0.153. The first-order valence-electron chi connectivity index (χ1n) is 6.67. The molecule has 0 aromatic carbocycles. The largest absolute Gasteiger partial charge is 0.506 e. The van der Waals surface area contributed by atoms with E-state index in [1.807, 2.05) is 26.8 Å². The summed E-state index contributed by atoms with van der Waals surface area (Å²) in [5.74, 6) is 0.153. The fourth-order valence-corrected chi connectivity index (χ4v) is 1.97. The van der Waals surface area contributed by atoms with Gasteiger partial charge in [0.1, 0.15) is 11.4 Å². The van der Waals surface area contributed by atoms with Crippen LogP contribution in [0.15, 0.2) is 24.4 Å². The number of hydrogen-bond donors (Lipinski definition) is 1. The molecule has 1 aliphatic heterocycles. The van der Waals surface area contributed by atoms with Crippen LogP contribution < -0.4 is 0 Å². The van der Waals surface area contributed by atoms with Crippen LogP contribution in [0.3, 0.4) is 0 Å². The number of ether oxygens (including phenoxy) is 1. The summed E-state index contributed by atoms with van der Waals surface area (Å²) >= 11 is 0. The average molecular weight is 276 g/mol. The monoisotopic (exact) mass is 276 g/mol. The molecule has 0 radical (unpaired) electrons. The Morgan fingerprint density at radius 2 is 2.15 bits per heavy atom. The van der Waals surface area contributed by atoms with Gasteiger partial charge in [-0.15, -0.1) is 0 Å². The molecular weight excluding hydrogens is 256 g/mol. The minimum Gasteiger partial charge on any atom is -0.506 e. The number of hydrogen-bond acceptors (Lipinski definition) is 4. The van der Waals surface area contributed by atoms with Crippen molar-refractivity contribution < 1.29 is 14.6 Å². The van der Waals surface area contributed by atoms with Crippen LogP contribution in [0.5, 0.6) is 5.75 Å². The highest BCUT2D eigenvalue weighted by atomic mass is 16.6. The van der Waals surface area contributed by atoms with E-state index in [1.54, 1.807) is 17.0 Å². The molecule has 0 fully saturated rings. The second-order valence-electron chi connectivity index (χ2n) is 5.81. The first kappa shape index (κ1) is 14.4. The predicted octanol–water partition coefficient (Wildman–Crippen LogP) is 2.81. The van der Waals surface area contributed by atoms with Crippen molar-refractivity contribution in [3.63, 3.8) is 0 Å². The molecule has 20 heavy (non-hydrogen) atoms. The maximum atomic E-state index is 11.9. The Balaban J connectivity index is 2.00. The van der Waals surface area contributed by atoms with Gasteiger partial charge in [0.15, 0.2) is 0 Å². The van der Waals surface area contributed by atoms with Crippen molar-refractivity contribution in [2.75, 3.05) is 13.1 Å². The molecule has 1 aromatic rings. The molecular formula is C15H20N2O3. The third-order valence-electron chi connectivity index (χ3n) is 2.94. The lowest BCUT2D eigenvalue weighted by Crippen LogP contribution is -2.39. The Hall–Kier alpha value is -2.04. The Labute approximate surface area is 118 Å². The molecule has 1 aromatic heterocycles. The van der Waals surface area contributed by atoms with E-state index in [0.717, 1.165) is 17.7 Å². The fraction of sp³-hybridized carbons (Fsp3) is 0.467. The van der Waals surface area contributed by atoms with Crippen LogP contribution in [0.25, 0.3) is 5.57 Å². The second-order valence-corrected chi connectivity index (χ2v) is 5.81. The standard InChI is InChI=1S/C15H20N2O3/c1-15(2,3)20-14(19)17-8-6-11(7-9-17)13-5-4-12(18)10-16-13/h4-6,10,18H,7-9H2,1-3H3. The lowest BCUT2D eigenvalue weighted by molar-refractivity contribution is 0.0270. The van der Waals surface area contributed by atoms with E-state index in [-0.39, 0.29) is 11.8 Å². The summed E-state index contributed by atoms with van der Waals surface area (Å²) in [5, 5.41) is 9.23. The number of aromatic nitrogens is 1. The van der Waals surface area contributed by atoms with Gasteiger partial charge in [-0.3, -0.25) is 4.98 Å². The van der Waals surface area contributed by atoms with Crippen molar-refractivity contribution >= 4 is 11.7 Å². The number of carbonyl (C=O) groups excluding carboxylic acids is 1. The molecule has 0 saturated heterocycles. The summed E-state index contributed by atoms with van der Waals surface area (Å²) in [6.07, 6.45) is 3.85. The highest BCUT2D eigenvalue weighted by Crippen LogP contribution is 2.22. The summed E-state index contributed by atoms with van der Waals surface area (Å²) in [4.78, 5) is 17.8. The summed E-state index contributed by atoms with van der Waals surface area (Å²) in [5.41, 5.74) is 1.45. The topological polar surface area (TPSA) is 62.7 Å². The van der Waals surface area contributed by atoms with E-state index in [0.29, 0.717) is 13.1 Å². The number of rotatable bonds is 1. The second kappa shape index (κ2) is 5.53. The van der Waals surface area contributed by atoms with Crippen LogP contribution in [0.2, 0.25) is 0 Å². The lowest BCUT2D eigenvalue weighted by atomic mass is 10.0. The van der Waals surface area contributed by atoms with Crippen molar-refractivity contribution in [1.82, 2.24) is 9.88 Å². The van der Waals surface area contributed by atoms with Crippen LogP contribution in [-0.4, -0.2) is 39.8 Å². The number of pyridine rings is 1. The van der Waals surface area contributed by atoms with Crippen molar-refractivity contribution in [3.05, 3.63) is 30.1 Å². The third-order valence-corrected chi connectivity index (χ3v) is 2.94. The highest BCUT2D eigenvalue weighted by molar-refractivity contribution is 5.71. The third kappa shape index (κ3) is 3.73. The van der Waals surface area contributed by atoms with Crippen molar-refractivity contribution in [2.24, 2.45) is 0 Å². The molecule has 0 unspecified atom stereocenters. The van der Waals surface area contributed by atoms with E-state index >= 15 is 0 Å². The SMILES string of the molecule is CC(C)(C)OC(=O)N1CC=C(c2ccc(O)cn2)CC1. The number of nitrogens with zero attached hydrogens (tertiary/aromatic N) is 2. The summed E-state index contributed by atoms with van der Waals surface area (Å²) in [6.45, 7) is 6.71. The van der Waals surface area contributed by atoms with Gasteiger partial charge in [-0.2, -0.15) is 0 Å². The molecule has 1 amide bonds. The van der Waals surface area contributed by atoms with Gasteiger partial charge >= 0.3 is 6.09 Å². The Morgan fingerprint density at radius 1 is 1.40 bits per heavy atom. The minimum atomic E-state index is -0.473. The lowest BCUT2D eigenvalue weighted by Gasteiger charge is -2.29. The first-order chi connectivity index (χ1) is 9.35. The smallest absolute Gasteiger partial charge is 0.410 e. The quantitative estimate of drug-likeness (QED) is 0.856. The number of amides is 1. The normalized spacial score (nSPS) is 15.8. The molecule has 0 atom stereocenters. The zero-order valence-corrected chi connectivity index (χ0v) is 12.1. The van der Waals surface area contributed by atoms with Gasteiger partial charge in [0.05, 0.1) is 11.9 Å². The zero-order chi connectivity index (χ0) is 14.8. The Morgan fingerprint density at radius 3 is 2.65 bits per heavy atom. The van der Waals surface area contributed by atoms with Crippen molar-refractivity contribution in [1.29, 1.82) is 0 Å².